The van der Waals surface area contributed by atoms with Crippen LogP contribution in [-0.2, 0) is 6.42 Å². The highest BCUT2D eigenvalue weighted by Crippen LogP contribution is 2.30. The molecule has 0 heterocycles. The molecule has 0 spiro atoms. The lowest BCUT2D eigenvalue weighted by Crippen LogP contribution is -2.15. The molecule has 2 nitrogen and oxygen atoms in total. The van der Waals surface area contributed by atoms with Gasteiger partial charge in [-0.2, -0.15) is 0 Å². The Bertz CT molecular complexity index is 574. The van der Waals surface area contributed by atoms with Gasteiger partial charge >= 0.3 is 0 Å². The first-order chi connectivity index (χ1) is 9.11. The van der Waals surface area contributed by atoms with Gasteiger partial charge in [0.15, 0.2) is 0 Å². The van der Waals surface area contributed by atoms with Crippen LogP contribution in [0.25, 0.3) is 0 Å². The van der Waals surface area contributed by atoms with Crippen LogP contribution < -0.4 is 5.73 Å². The fraction of sp³-hybridized carbons (Fsp3) is 0.200. The average molecular weight is 341 g/mol. The molecular weight excluding hydrogens is 326 g/mol. The number of hydrogen-bond donors (Lipinski definition) is 2. The summed E-state index contributed by atoms with van der Waals surface area (Å²) in [5.74, 6) is 0.413. The van der Waals surface area contributed by atoms with Crippen LogP contribution in [0.15, 0.2) is 46.9 Å². The third kappa shape index (κ3) is 3.50. The first-order valence-corrected chi connectivity index (χ1v) is 7.20. The molecule has 0 saturated carbocycles. The molecule has 3 N–H and O–H groups in total. The molecule has 0 aromatic heterocycles. The van der Waals surface area contributed by atoms with Crippen molar-refractivity contribution in [3.63, 3.8) is 0 Å². The fourth-order valence-electron chi connectivity index (χ4n) is 2.09. The summed E-state index contributed by atoms with van der Waals surface area (Å²) in [7, 11) is 0. The van der Waals surface area contributed by atoms with E-state index in [1.165, 1.54) is 0 Å². The van der Waals surface area contributed by atoms with Crippen molar-refractivity contribution in [1.29, 1.82) is 0 Å². The van der Waals surface area contributed by atoms with E-state index in [1.54, 1.807) is 6.07 Å². The van der Waals surface area contributed by atoms with E-state index in [0.717, 1.165) is 22.6 Å². The molecule has 0 saturated heterocycles. The fourth-order valence-corrected chi connectivity index (χ4v) is 2.80. The van der Waals surface area contributed by atoms with Crippen LogP contribution in [-0.4, -0.2) is 11.7 Å². The van der Waals surface area contributed by atoms with E-state index >= 15 is 0 Å². The Hall–Kier alpha value is -1.03. The standard InChI is InChI=1S/C15H15BrClNO/c16-13-8-10(5-6-15(13)19)7-11(9-18)12-3-1-2-4-14(12)17/h1-6,8,11,19H,7,9,18H2. The van der Waals surface area contributed by atoms with E-state index in [2.05, 4.69) is 15.9 Å². The highest BCUT2D eigenvalue weighted by Gasteiger charge is 2.14. The molecule has 0 radical (unpaired) electrons. The Kier molecular flexibility index (Phi) is 4.86. The van der Waals surface area contributed by atoms with Crippen molar-refractivity contribution < 1.29 is 5.11 Å². The van der Waals surface area contributed by atoms with Gasteiger partial charge in [0.1, 0.15) is 5.75 Å². The van der Waals surface area contributed by atoms with Crippen molar-refractivity contribution in [2.75, 3.05) is 6.54 Å². The lowest BCUT2D eigenvalue weighted by molar-refractivity contribution is 0.471. The third-order valence-corrected chi connectivity index (χ3v) is 4.10. The molecular formula is C15H15BrClNO. The number of rotatable bonds is 4. The predicted octanol–water partition coefficient (Wildman–Crippen LogP) is 4.09. The minimum Gasteiger partial charge on any atom is -0.507 e. The number of aromatic hydroxyl groups is 1. The first-order valence-electron chi connectivity index (χ1n) is 6.03. The number of phenols is 1. The van der Waals surface area contributed by atoms with Crippen molar-refractivity contribution in [1.82, 2.24) is 0 Å². The summed E-state index contributed by atoms with van der Waals surface area (Å²) in [6.45, 7) is 0.530. The second-order valence-electron chi connectivity index (χ2n) is 4.44. The maximum atomic E-state index is 9.50. The molecule has 0 amide bonds. The SMILES string of the molecule is NCC(Cc1ccc(O)c(Br)c1)c1ccccc1Cl. The van der Waals surface area contributed by atoms with Gasteiger partial charge in [-0.1, -0.05) is 35.9 Å². The third-order valence-electron chi connectivity index (χ3n) is 3.12. The Morgan fingerprint density at radius 1 is 1.21 bits per heavy atom. The first kappa shape index (κ1) is 14.4. The summed E-state index contributed by atoms with van der Waals surface area (Å²) < 4.78 is 0.694. The zero-order valence-electron chi connectivity index (χ0n) is 10.3. The average Bonchev–Trinajstić information content (AvgIpc) is 2.41. The molecule has 4 heteroatoms. The molecule has 0 bridgehead atoms. The van der Waals surface area contributed by atoms with Crippen LogP contribution in [0, 0.1) is 0 Å². The lowest BCUT2D eigenvalue weighted by Gasteiger charge is -2.17. The van der Waals surface area contributed by atoms with E-state index in [1.807, 2.05) is 36.4 Å². The number of halogens is 2. The molecule has 2 aromatic rings. The number of phenolic OH excluding ortho intramolecular Hbond substituents is 1. The highest BCUT2D eigenvalue weighted by molar-refractivity contribution is 9.10. The van der Waals surface area contributed by atoms with Gasteiger partial charge in [-0.05, 0) is 58.2 Å². The Morgan fingerprint density at radius 2 is 1.95 bits per heavy atom. The van der Waals surface area contributed by atoms with Crippen LogP contribution in [0.3, 0.4) is 0 Å². The maximum Gasteiger partial charge on any atom is 0.129 e. The molecule has 2 rings (SSSR count). The summed E-state index contributed by atoms with van der Waals surface area (Å²) in [5, 5.41) is 10.2. The number of nitrogens with two attached hydrogens (primary N) is 1. The summed E-state index contributed by atoms with van der Waals surface area (Å²) in [4.78, 5) is 0. The Morgan fingerprint density at radius 3 is 2.58 bits per heavy atom. The molecule has 19 heavy (non-hydrogen) atoms. The van der Waals surface area contributed by atoms with Crippen molar-refractivity contribution in [2.24, 2.45) is 5.73 Å². The van der Waals surface area contributed by atoms with Crippen molar-refractivity contribution in [3.8, 4) is 5.75 Å². The molecule has 1 unspecified atom stereocenters. The van der Waals surface area contributed by atoms with Gasteiger partial charge < -0.3 is 10.8 Å². The number of benzene rings is 2. The smallest absolute Gasteiger partial charge is 0.129 e. The second-order valence-corrected chi connectivity index (χ2v) is 5.71. The summed E-state index contributed by atoms with van der Waals surface area (Å²) in [6.07, 6.45) is 0.791. The number of hydrogen-bond acceptors (Lipinski definition) is 2. The molecule has 0 fully saturated rings. The zero-order chi connectivity index (χ0) is 13.8. The van der Waals surface area contributed by atoms with Crippen LogP contribution in [0.2, 0.25) is 5.02 Å². The van der Waals surface area contributed by atoms with E-state index in [-0.39, 0.29) is 11.7 Å². The van der Waals surface area contributed by atoms with E-state index in [0.29, 0.717) is 11.0 Å². The largest absolute Gasteiger partial charge is 0.507 e. The topological polar surface area (TPSA) is 46.2 Å². The van der Waals surface area contributed by atoms with Gasteiger partial charge in [-0.15, -0.1) is 0 Å². The van der Waals surface area contributed by atoms with Crippen molar-refractivity contribution in [3.05, 3.63) is 63.1 Å². The zero-order valence-corrected chi connectivity index (χ0v) is 12.7. The molecule has 0 aliphatic rings. The van der Waals surface area contributed by atoms with Crippen molar-refractivity contribution >= 4 is 27.5 Å². The van der Waals surface area contributed by atoms with Gasteiger partial charge in [-0.25, -0.2) is 0 Å². The van der Waals surface area contributed by atoms with Crippen LogP contribution in [0.1, 0.15) is 17.0 Å². The van der Waals surface area contributed by atoms with Gasteiger partial charge in [0.25, 0.3) is 0 Å². The van der Waals surface area contributed by atoms with E-state index in [9.17, 15) is 5.11 Å². The second kappa shape index (κ2) is 6.42. The molecule has 1 atom stereocenters. The quantitative estimate of drug-likeness (QED) is 0.880. The van der Waals surface area contributed by atoms with Gasteiger partial charge in [0.05, 0.1) is 4.47 Å². The van der Waals surface area contributed by atoms with Crippen LogP contribution >= 0.6 is 27.5 Å². The van der Waals surface area contributed by atoms with Crippen molar-refractivity contribution in [2.45, 2.75) is 12.3 Å². The van der Waals surface area contributed by atoms with Gasteiger partial charge in [0.2, 0.25) is 0 Å². The molecule has 100 valence electrons. The Labute approximate surface area is 126 Å². The van der Waals surface area contributed by atoms with Crippen LogP contribution in [0.5, 0.6) is 5.75 Å². The summed E-state index contributed by atoms with van der Waals surface area (Å²) in [6, 6.07) is 13.3. The minimum atomic E-state index is 0.171. The van der Waals surface area contributed by atoms with Gasteiger partial charge in [-0.3, -0.25) is 0 Å². The monoisotopic (exact) mass is 339 g/mol. The van der Waals surface area contributed by atoms with Crippen LogP contribution in [0.4, 0.5) is 0 Å². The molecule has 0 aliphatic heterocycles. The van der Waals surface area contributed by atoms with E-state index < -0.39 is 0 Å². The lowest BCUT2D eigenvalue weighted by atomic mass is 9.92. The summed E-state index contributed by atoms with van der Waals surface area (Å²) in [5.41, 5.74) is 8.05. The highest BCUT2D eigenvalue weighted by atomic mass is 79.9. The van der Waals surface area contributed by atoms with Gasteiger partial charge in [0, 0.05) is 10.9 Å². The van der Waals surface area contributed by atoms with E-state index in [4.69, 9.17) is 17.3 Å². The molecule has 2 aromatic carbocycles. The summed E-state index contributed by atoms with van der Waals surface area (Å²) >= 11 is 9.54. The minimum absolute atomic E-state index is 0.171. The molecule has 0 aliphatic carbocycles. The predicted molar refractivity (Wildman–Crippen MR) is 82.8 cm³/mol. The normalized spacial score (nSPS) is 12.4. The Balaban J connectivity index is 2.24. The maximum absolute atomic E-state index is 9.50.